The molecule has 1 amide bonds. The minimum atomic E-state index is -0.327. The van der Waals surface area contributed by atoms with Gasteiger partial charge in [-0.3, -0.25) is 14.9 Å². The summed E-state index contributed by atoms with van der Waals surface area (Å²) in [6, 6.07) is 22.1. The van der Waals surface area contributed by atoms with Gasteiger partial charge in [0, 0.05) is 28.1 Å². The Balaban J connectivity index is 1.25. The van der Waals surface area contributed by atoms with Crippen LogP contribution in [0.3, 0.4) is 0 Å². The van der Waals surface area contributed by atoms with Gasteiger partial charge in [0.05, 0.1) is 11.1 Å². The van der Waals surface area contributed by atoms with Crippen LogP contribution in [0.25, 0.3) is 38.5 Å². The zero-order valence-electron chi connectivity index (χ0n) is 19.5. The van der Waals surface area contributed by atoms with Crippen LogP contribution < -0.4 is 10.7 Å². The second-order valence-electron chi connectivity index (χ2n) is 8.58. The fourth-order valence-corrected chi connectivity index (χ4v) is 5.08. The predicted molar refractivity (Wildman–Crippen MR) is 142 cm³/mol. The van der Waals surface area contributed by atoms with E-state index in [0.717, 1.165) is 22.4 Å². The Labute approximate surface area is 209 Å². The summed E-state index contributed by atoms with van der Waals surface area (Å²) in [4.78, 5) is 30.7. The van der Waals surface area contributed by atoms with Crippen molar-refractivity contribution in [3.8, 4) is 22.6 Å². The highest BCUT2D eigenvalue weighted by molar-refractivity contribution is 7.15. The maximum absolute atomic E-state index is 12.9. The van der Waals surface area contributed by atoms with E-state index in [2.05, 4.69) is 15.4 Å². The molecule has 7 nitrogen and oxygen atoms in total. The molecule has 8 heteroatoms. The standard InChI is InChI=1S/C28H20N4O3S/c1-16-12-17(2)25-21(13-16)23(33)14-24(35-25)19-8-10-20(11-9-19)26(34)29-27-30-28-32(31-27)22(15-36-28)18-6-4-3-5-7-18/h3-15H,1-2H3,(H,29,31,34). The molecule has 6 rings (SSSR count). The first-order chi connectivity index (χ1) is 17.5. The third kappa shape index (κ3) is 3.87. The van der Waals surface area contributed by atoms with Crippen molar-refractivity contribution >= 4 is 39.1 Å². The maximum atomic E-state index is 12.9. The van der Waals surface area contributed by atoms with Crippen LogP contribution in [-0.2, 0) is 0 Å². The summed E-state index contributed by atoms with van der Waals surface area (Å²) in [5, 5.41) is 9.79. The Hall–Kier alpha value is -4.56. The Kier molecular flexibility index (Phi) is 5.23. The number of aromatic nitrogens is 3. The molecule has 0 bridgehead atoms. The Morgan fingerprint density at radius 2 is 1.75 bits per heavy atom. The molecule has 0 aliphatic heterocycles. The molecule has 0 unspecified atom stereocenters. The third-order valence-electron chi connectivity index (χ3n) is 5.97. The second kappa shape index (κ2) is 8.58. The number of rotatable bonds is 4. The summed E-state index contributed by atoms with van der Waals surface area (Å²) < 4.78 is 7.79. The first-order valence-electron chi connectivity index (χ1n) is 11.3. The van der Waals surface area contributed by atoms with Crippen molar-refractivity contribution < 1.29 is 9.21 Å². The van der Waals surface area contributed by atoms with Crippen molar-refractivity contribution in [1.82, 2.24) is 14.6 Å². The first-order valence-corrected chi connectivity index (χ1v) is 12.2. The molecule has 0 aliphatic rings. The lowest BCUT2D eigenvalue weighted by Gasteiger charge is -2.07. The lowest BCUT2D eigenvalue weighted by atomic mass is 10.1. The average molecular weight is 493 g/mol. The summed E-state index contributed by atoms with van der Waals surface area (Å²) in [5.41, 5.74) is 5.48. The Morgan fingerprint density at radius 3 is 2.53 bits per heavy atom. The zero-order chi connectivity index (χ0) is 24.8. The number of hydrogen-bond acceptors (Lipinski definition) is 6. The average Bonchev–Trinajstić information content (AvgIpc) is 3.45. The molecule has 0 saturated heterocycles. The largest absolute Gasteiger partial charge is 0.456 e. The molecule has 0 atom stereocenters. The smallest absolute Gasteiger partial charge is 0.258 e. The number of thiazole rings is 1. The molecule has 176 valence electrons. The highest BCUT2D eigenvalue weighted by atomic mass is 32.1. The number of nitrogens with one attached hydrogen (secondary N) is 1. The van der Waals surface area contributed by atoms with E-state index in [0.29, 0.717) is 32.8 Å². The Morgan fingerprint density at radius 1 is 0.972 bits per heavy atom. The summed E-state index contributed by atoms with van der Waals surface area (Å²) in [7, 11) is 0. The molecule has 36 heavy (non-hydrogen) atoms. The number of benzene rings is 3. The van der Waals surface area contributed by atoms with Crippen LogP contribution in [0.2, 0.25) is 0 Å². The van der Waals surface area contributed by atoms with E-state index in [1.165, 1.54) is 17.4 Å². The molecule has 3 aromatic carbocycles. The molecule has 0 spiro atoms. The highest BCUT2D eigenvalue weighted by Crippen LogP contribution is 2.27. The summed E-state index contributed by atoms with van der Waals surface area (Å²) in [6.45, 7) is 3.88. The molecule has 1 N–H and O–H groups in total. The van der Waals surface area contributed by atoms with E-state index in [4.69, 9.17) is 4.42 Å². The van der Waals surface area contributed by atoms with Gasteiger partial charge in [0.25, 0.3) is 11.9 Å². The number of carbonyl (C=O) groups is 1. The molecule has 3 heterocycles. The van der Waals surface area contributed by atoms with E-state index in [9.17, 15) is 9.59 Å². The van der Waals surface area contributed by atoms with Gasteiger partial charge in [0.2, 0.25) is 4.96 Å². The fourth-order valence-electron chi connectivity index (χ4n) is 4.25. The SMILES string of the molecule is Cc1cc(C)c2oc(-c3ccc(C(=O)Nc4nc5scc(-c6ccccc6)n5n4)cc3)cc(=O)c2c1. The first kappa shape index (κ1) is 21.9. The van der Waals surface area contributed by atoms with Gasteiger partial charge in [-0.2, -0.15) is 4.98 Å². The molecular weight excluding hydrogens is 472 g/mol. The van der Waals surface area contributed by atoms with Crippen LogP contribution in [0.1, 0.15) is 21.5 Å². The quantitative estimate of drug-likeness (QED) is 0.321. The Bertz CT molecular complexity index is 1820. The van der Waals surface area contributed by atoms with Crippen molar-refractivity contribution in [2.24, 2.45) is 0 Å². The van der Waals surface area contributed by atoms with Gasteiger partial charge < -0.3 is 4.42 Å². The number of amides is 1. The van der Waals surface area contributed by atoms with Gasteiger partial charge in [-0.15, -0.1) is 16.4 Å². The zero-order valence-corrected chi connectivity index (χ0v) is 20.3. The van der Waals surface area contributed by atoms with Gasteiger partial charge in [0.1, 0.15) is 11.3 Å². The number of fused-ring (bicyclic) bond motifs is 2. The molecule has 6 aromatic rings. The normalized spacial score (nSPS) is 11.3. The van der Waals surface area contributed by atoms with Crippen molar-refractivity contribution in [2.45, 2.75) is 13.8 Å². The van der Waals surface area contributed by atoms with Crippen LogP contribution in [-0.4, -0.2) is 20.5 Å². The van der Waals surface area contributed by atoms with E-state index in [-0.39, 0.29) is 17.3 Å². The minimum Gasteiger partial charge on any atom is -0.456 e. The van der Waals surface area contributed by atoms with Crippen LogP contribution >= 0.6 is 11.3 Å². The highest BCUT2D eigenvalue weighted by Gasteiger charge is 2.15. The van der Waals surface area contributed by atoms with Crippen molar-refractivity contribution in [3.63, 3.8) is 0 Å². The van der Waals surface area contributed by atoms with Crippen molar-refractivity contribution in [2.75, 3.05) is 5.32 Å². The van der Waals surface area contributed by atoms with Crippen LogP contribution in [0.15, 0.2) is 87.4 Å². The minimum absolute atomic E-state index is 0.0967. The predicted octanol–water partition coefficient (Wildman–Crippen LogP) is 6.10. The van der Waals surface area contributed by atoms with E-state index in [1.807, 2.05) is 61.7 Å². The van der Waals surface area contributed by atoms with Crippen LogP contribution in [0.5, 0.6) is 0 Å². The summed E-state index contributed by atoms with van der Waals surface area (Å²) in [5.74, 6) is 0.364. The summed E-state index contributed by atoms with van der Waals surface area (Å²) in [6.07, 6.45) is 0. The van der Waals surface area contributed by atoms with E-state index >= 15 is 0 Å². The molecule has 0 saturated carbocycles. The number of aryl methyl sites for hydroxylation is 2. The molecular formula is C28H20N4O3S. The second-order valence-corrected chi connectivity index (χ2v) is 9.42. The summed E-state index contributed by atoms with van der Waals surface area (Å²) >= 11 is 1.46. The molecule has 0 aliphatic carbocycles. The lowest BCUT2D eigenvalue weighted by Crippen LogP contribution is -2.13. The van der Waals surface area contributed by atoms with Crippen LogP contribution in [0.4, 0.5) is 5.95 Å². The molecule has 3 aromatic heterocycles. The van der Waals surface area contributed by atoms with Gasteiger partial charge in [0.15, 0.2) is 5.43 Å². The van der Waals surface area contributed by atoms with Gasteiger partial charge >= 0.3 is 0 Å². The van der Waals surface area contributed by atoms with Gasteiger partial charge in [-0.05, 0) is 43.2 Å². The van der Waals surface area contributed by atoms with E-state index < -0.39 is 0 Å². The maximum Gasteiger partial charge on any atom is 0.258 e. The fraction of sp³-hybridized carbons (Fsp3) is 0.0714. The third-order valence-corrected chi connectivity index (χ3v) is 6.78. The number of nitrogens with zero attached hydrogens (tertiary/aromatic N) is 3. The monoisotopic (exact) mass is 492 g/mol. The van der Waals surface area contributed by atoms with Gasteiger partial charge in [-0.1, -0.05) is 48.5 Å². The van der Waals surface area contributed by atoms with Crippen molar-refractivity contribution in [1.29, 1.82) is 0 Å². The van der Waals surface area contributed by atoms with Gasteiger partial charge in [-0.25, -0.2) is 4.52 Å². The molecule has 0 fully saturated rings. The number of anilines is 1. The lowest BCUT2D eigenvalue weighted by molar-refractivity contribution is 0.102. The number of hydrogen-bond donors (Lipinski definition) is 1. The number of carbonyl (C=O) groups excluding carboxylic acids is 1. The van der Waals surface area contributed by atoms with Crippen LogP contribution in [0, 0.1) is 13.8 Å². The van der Waals surface area contributed by atoms with Crippen molar-refractivity contribution in [3.05, 3.63) is 105 Å². The van der Waals surface area contributed by atoms with E-state index in [1.54, 1.807) is 28.8 Å². The topological polar surface area (TPSA) is 89.5 Å². The molecule has 0 radical (unpaired) electrons.